The van der Waals surface area contributed by atoms with Crippen molar-refractivity contribution in [3.8, 4) is 0 Å². The van der Waals surface area contributed by atoms with Gasteiger partial charge in [0.1, 0.15) is 0 Å². The highest BCUT2D eigenvalue weighted by Crippen LogP contribution is 2.29. The smallest absolute Gasteiger partial charge is 0.337 e. The van der Waals surface area contributed by atoms with Crippen LogP contribution in [-0.2, 0) is 42.9 Å². The summed E-state index contributed by atoms with van der Waals surface area (Å²) in [5, 5.41) is 9.75. The molecule has 11 heteroatoms. The minimum atomic E-state index is -1.68. The second kappa shape index (κ2) is 9.68. The molecule has 0 radical (unpaired) electrons. The van der Waals surface area contributed by atoms with E-state index in [1.165, 1.54) is 0 Å². The number of ether oxygens (including phenoxy) is 5. The Balaban J connectivity index is 3.26. The minimum Gasteiger partial charge on any atom is -0.479 e. The molecule has 25 heavy (non-hydrogen) atoms. The number of carboxylic acids is 1. The molecule has 1 rings (SSSR count). The number of hydrogen-bond donors (Lipinski definition) is 1. The van der Waals surface area contributed by atoms with Crippen LogP contribution in [0.3, 0.4) is 0 Å². The van der Waals surface area contributed by atoms with E-state index >= 15 is 0 Å². The Morgan fingerprint density at radius 3 is 1.84 bits per heavy atom. The molecule has 1 aliphatic rings. The third-order valence-corrected chi connectivity index (χ3v) is 3.33. The molecule has 1 unspecified atom stereocenters. The van der Waals surface area contributed by atoms with Gasteiger partial charge in [0.25, 0.3) is 0 Å². The lowest BCUT2D eigenvalue weighted by Crippen LogP contribution is -2.63. The number of esters is 3. The number of halogens is 1. The molecule has 0 aliphatic carbocycles. The Hall–Kier alpha value is -1.72. The first-order valence-electron chi connectivity index (χ1n) is 7.24. The monoisotopic (exact) mass is 426 g/mol. The van der Waals surface area contributed by atoms with Gasteiger partial charge in [-0.25, -0.2) is 4.79 Å². The summed E-state index contributed by atoms with van der Waals surface area (Å²) < 4.78 is 25.8. The zero-order valence-electron chi connectivity index (χ0n) is 13.8. The van der Waals surface area contributed by atoms with Gasteiger partial charge in [-0.3, -0.25) is 14.4 Å². The van der Waals surface area contributed by atoms with E-state index in [1.807, 2.05) is 0 Å². The fraction of sp³-hybridized carbons (Fsp3) is 0.714. The second-order valence-electron chi connectivity index (χ2n) is 5.05. The van der Waals surface area contributed by atoms with Gasteiger partial charge in [0.05, 0.1) is 6.61 Å². The average molecular weight is 427 g/mol. The zero-order chi connectivity index (χ0) is 19.1. The fourth-order valence-corrected chi connectivity index (χ4v) is 2.45. The van der Waals surface area contributed by atoms with Crippen LogP contribution in [0.4, 0.5) is 0 Å². The van der Waals surface area contributed by atoms with Gasteiger partial charge in [0.15, 0.2) is 30.7 Å². The van der Waals surface area contributed by atoms with E-state index in [1.54, 1.807) is 0 Å². The Morgan fingerprint density at radius 2 is 1.40 bits per heavy atom. The highest BCUT2D eigenvalue weighted by atomic mass is 79.9. The number of carboxylic acid groups (broad SMARTS) is 1. The predicted octanol–water partition coefficient (Wildman–Crippen LogP) is 0.00250. The molecule has 0 bridgehead atoms. The largest absolute Gasteiger partial charge is 0.479 e. The van der Waals surface area contributed by atoms with E-state index in [4.69, 9.17) is 23.7 Å². The van der Waals surface area contributed by atoms with Gasteiger partial charge in [-0.1, -0.05) is 15.9 Å². The van der Waals surface area contributed by atoms with Gasteiger partial charge in [-0.2, -0.15) is 0 Å². The van der Waals surface area contributed by atoms with Crippen LogP contribution in [0.5, 0.6) is 0 Å². The van der Waals surface area contributed by atoms with Crippen LogP contribution in [-0.4, -0.2) is 71.6 Å². The maximum Gasteiger partial charge on any atom is 0.337 e. The third kappa shape index (κ3) is 6.25. The highest BCUT2D eigenvalue weighted by Gasteiger charge is 2.54. The molecule has 0 aromatic rings. The van der Waals surface area contributed by atoms with Crippen molar-refractivity contribution in [3.05, 3.63) is 0 Å². The number of carbonyl (C=O) groups excluding carboxylic acids is 3. The van der Waals surface area contributed by atoms with Gasteiger partial charge in [-0.05, 0) is 0 Å². The number of hydrogen-bond acceptors (Lipinski definition) is 9. The standard InChI is InChI=1S/C14H19BrO10/c1-6(16)22-9-10(23-7(2)17)12(24-8(3)18)14(21-5-4-15)25-11(9)13(19)20/h9-12,14H,4-5H2,1-3H3,(H,19,20)/t9-,10-,11-,12+,14?/m0/s1. The maximum absolute atomic E-state index is 11.5. The topological polar surface area (TPSA) is 135 Å². The number of aliphatic carboxylic acids is 1. The lowest BCUT2D eigenvalue weighted by Gasteiger charge is -2.42. The molecule has 0 spiro atoms. The van der Waals surface area contributed by atoms with Crippen LogP contribution >= 0.6 is 15.9 Å². The van der Waals surface area contributed by atoms with Crippen LogP contribution in [0.1, 0.15) is 20.8 Å². The van der Waals surface area contributed by atoms with Crippen molar-refractivity contribution >= 4 is 39.8 Å². The fourth-order valence-electron chi connectivity index (χ4n) is 2.27. The van der Waals surface area contributed by atoms with Crippen molar-refractivity contribution in [2.24, 2.45) is 0 Å². The quantitative estimate of drug-likeness (QED) is 0.336. The Labute approximate surface area is 151 Å². The Kier molecular flexibility index (Phi) is 8.26. The van der Waals surface area contributed by atoms with E-state index in [-0.39, 0.29) is 6.61 Å². The summed E-state index contributed by atoms with van der Waals surface area (Å²) in [6.07, 6.45) is -7.27. The number of carbonyl (C=O) groups is 4. The van der Waals surface area contributed by atoms with E-state index in [0.717, 1.165) is 20.8 Å². The normalized spacial score (nSPS) is 28.7. The molecule has 1 aliphatic heterocycles. The molecule has 142 valence electrons. The summed E-state index contributed by atoms with van der Waals surface area (Å²) in [7, 11) is 0. The van der Waals surface area contributed by atoms with Crippen LogP contribution in [0.2, 0.25) is 0 Å². The number of rotatable bonds is 7. The summed E-state index contributed by atoms with van der Waals surface area (Å²) in [4.78, 5) is 45.7. The summed E-state index contributed by atoms with van der Waals surface area (Å²) in [6, 6.07) is 0. The van der Waals surface area contributed by atoms with Gasteiger partial charge >= 0.3 is 23.9 Å². The first kappa shape index (κ1) is 21.3. The van der Waals surface area contributed by atoms with Crippen molar-refractivity contribution in [1.29, 1.82) is 0 Å². The molecule has 5 atom stereocenters. The average Bonchev–Trinajstić information content (AvgIpc) is 2.47. The summed E-state index contributed by atoms with van der Waals surface area (Å²) in [6.45, 7) is 3.34. The molecule has 10 nitrogen and oxygen atoms in total. The Bertz CT molecular complexity index is 522. The second-order valence-corrected chi connectivity index (χ2v) is 5.84. The molecular formula is C14H19BrO10. The first-order chi connectivity index (χ1) is 11.7. The summed E-state index contributed by atoms with van der Waals surface area (Å²) in [5.41, 5.74) is 0. The highest BCUT2D eigenvalue weighted by molar-refractivity contribution is 9.09. The molecule has 0 amide bonds. The van der Waals surface area contributed by atoms with E-state index < -0.39 is 54.6 Å². The minimum absolute atomic E-state index is 0.0970. The predicted molar refractivity (Wildman–Crippen MR) is 82.7 cm³/mol. The number of alkyl halides is 1. The van der Waals surface area contributed by atoms with E-state index in [9.17, 15) is 24.3 Å². The van der Waals surface area contributed by atoms with E-state index in [0.29, 0.717) is 5.33 Å². The molecular weight excluding hydrogens is 408 g/mol. The summed E-state index contributed by atoms with van der Waals surface area (Å²) >= 11 is 3.13. The lowest BCUT2D eigenvalue weighted by molar-refractivity contribution is -0.300. The van der Waals surface area contributed by atoms with Crippen LogP contribution in [0, 0.1) is 0 Å². The van der Waals surface area contributed by atoms with Gasteiger partial charge < -0.3 is 28.8 Å². The van der Waals surface area contributed by atoms with Crippen LogP contribution < -0.4 is 0 Å². The van der Waals surface area contributed by atoms with Crippen molar-refractivity contribution in [2.75, 3.05) is 11.9 Å². The molecule has 0 aromatic carbocycles. The van der Waals surface area contributed by atoms with Crippen LogP contribution in [0.15, 0.2) is 0 Å². The lowest BCUT2D eigenvalue weighted by atomic mass is 9.98. The molecule has 1 fully saturated rings. The first-order valence-corrected chi connectivity index (χ1v) is 8.37. The molecule has 1 saturated heterocycles. The SMILES string of the molecule is CC(=O)O[C@H]1[C@H](OC(C)=O)[C@@H](OC(C)=O)C(OCCBr)O[C@@H]1C(=O)O. The third-order valence-electron chi connectivity index (χ3n) is 3.00. The zero-order valence-corrected chi connectivity index (χ0v) is 15.4. The maximum atomic E-state index is 11.5. The molecule has 1 heterocycles. The van der Waals surface area contributed by atoms with Crippen LogP contribution in [0.25, 0.3) is 0 Å². The molecule has 0 aromatic heterocycles. The van der Waals surface area contributed by atoms with Crippen molar-refractivity contribution < 1.29 is 48.0 Å². The van der Waals surface area contributed by atoms with Gasteiger partial charge in [-0.15, -0.1) is 0 Å². The van der Waals surface area contributed by atoms with E-state index in [2.05, 4.69) is 15.9 Å². The van der Waals surface area contributed by atoms with Gasteiger partial charge in [0.2, 0.25) is 0 Å². The summed E-state index contributed by atoms with van der Waals surface area (Å²) in [5.74, 6) is -3.81. The van der Waals surface area contributed by atoms with Crippen molar-refractivity contribution in [3.63, 3.8) is 0 Å². The molecule has 1 N–H and O–H groups in total. The molecule has 0 saturated carbocycles. The van der Waals surface area contributed by atoms with Crippen molar-refractivity contribution in [2.45, 2.75) is 51.5 Å². The van der Waals surface area contributed by atoms with Gasteiger partial charge in [0, 0.05) is 26.1 Å². The van der Waals surface area contributed by atoms with Crippen molar-refractivity contribution in [1.82, 2.24) is 0 Å². The Morgan fingerprint density at radius 1 is 0.920 bits per heavy atom.